The molecule has 0 saturated heterocycles. The van der Waals surface area contributed by atoms with Crippen LogP contribution in [0, 0.1) is 5.82 Å². The molecule has 15 heavy (non-hydrogen) atoms. The van der Waals surface area contributed by atoms with Gasteiger partial charge in [0.05, 0.1) is 0 Å². The molecule has 0 amide bonds. The zero-order chi connectivity index (χ0) is 10.8. The first-order valence-electron chi connectivity index (χ1n) is 4.45. The van der Waals surface area contributed by atoms with E-state index >= 15 is 0 Å². The fourth-order valence-corrected chi connectivity index (χ4v) is 1.42. The first kappa shape index (κ1) is 9.52. The van der Waals surface area contributed by atoms with Crippen molar-refractivity contribution in [1.82, 2.24) is 0 Å². The van der Waals surface area contributed by atoms with Crippen LogP contribution in [0.1, 0.15) is 0 Å². The van der Waals surface area contributed by atoms with Crippen molar-refractivity contribution in [2.45, 2.75) is 0 Å². The molecule has 2 rings (SSSR count). The Balaban J connectivity index is 2.60. The van der Waals surface area contributed by atoms with E-state index in [1.165, 1.54) is 18.2 Å². The summed E-state index contributed by atoms with van der Waals surface area (Å²) in [5.74, 6) is -0.676. The third kappa shape index (κ3) is 1.76. The van der Waals surface area contributed by atoms with Gasteiger partial charge < -0.3 is 10.2 Å². The predicted octanol–water partition coefficient (Wildman–Crippen LogP) is 2.90. The Bertz CT molecular complexity index is 495. The minimum absolute atomic E-state index is 0.0158. The zero-order valence-electron chi connectivity index (χ0n) is 7.81. The highest BCUT2D eigenvalue weighted by atomic mass is 19.1. The molecule has 0 heterocycles. The largest absolute Gasteiger partial charge is 0.508 e. The molecule has 0 radical (unpaired) electrons. The van der Waals surface area contributed by atoms with Crippen molar-refractivity contribution in [2.24, 2.45) is 0 Å². The second-order valence-corrected chi connectivity index (χ2v) is 3.18. The number of hydrogen-bond donors (Lipinski definition) is 2. The molecule has 2 nitrogen and oxygen atoms in total. The quantitative estimate of drug-likeness (QED) is 0.749. The van der Waals surface area contributed by atoms with Crippen molar-refractivity contribution in [1.29, 1.82) is 0 Å². The van der Waals surface area contributed by atoms with E-state index in [0.29, 0.717) is 5.56 Å². The fraction of sp³-hybridized carbons (Fsp3) is 0. The van der Waals surface area contributed by atoms with Gasteiger partial charge in [0, 0.05) is 17.2 Å². The molecule has 0 saturated carbocycles. The molecule has 0 aromatic heterocycles. The van der Waals surface area contributed by atoms with Gasteiger partial charge in [0.2, 0.25) is 0 Å². The summed E-state index contributed by atoms with van der Waals surface area (Å²) in [4.78, 5) is 0. The molecule has 0 fully saturated rings. The van der Waals surface area contributed by atoms with Gasteiger partial charge >= 0.3 is 0 Å². The number of hydrogen-bond acceptors (Lipinski definition) is 2. The van der Waals surface area contributed by atoms with E-state index in [1.807, 2.05) is 0 Å². The molecule has 0 spiro atoms. The third-order valence-electron chi connectivity index (χ3n) is 2.15. The van der Waals surface area contributed by atoms with E-state index in [2.05, 4.69) is 0 Å². The van der Waals surface area contributed by atoms with E-state index in [0.717, 1.165) is 6.07 Å². The molecule has 0 aliphatic heterocycles. The van der Waals surface area contributed by atoms with Crippen LogP contribution < -0.4 is 0 Å². The number of halogens is 1. The van der Waals surface area contributed by atoms with Gasteiger partial charge in [-0.15, -0.1) is 0 Å². The Morgan fingerprint density at radius 2 is 1.60 bits per heavy atom. The molecule has 0 atom stereocenters. The van der Waals surface area contributed by atoms with Crippen molar-refractivity contribution < 1.29 is 14.6 Å². The van der Waals surface area contributed by atoms with Crippen molar-refractivity contribution >= 4 is 0 Å². The van der Waals surface area contributed by atoms with Gasteiger partial charge in [0.25, 0.3) is 0 Å². The van der Waals surface area contributed by atoms with Crippen LogP contribution in [0.2, 0.25) is 0 Å². The zero-order valence-corrected chi connectivity index (χ0v) is 7.81. The third-order valence-corrected chi connectivity index (χ3v) is 2.15. The Labute approximate surface area is 86.2 Å². The normalized spacial score (nSPS) is 10.2. The molecule has 0 aliphatic carbocycles. The van der Waals surface area contributed by atoms with Gasteiger partial charge in [-0.3, -0.25) is 0 Å². The lowest BCUT2D eigenvalue weighted by atomic mass is 10.0. The highest BCUT2D eigenvalue weighted by Crippen LogP contribution is 2.31. The lowest BCUT2D eigenvalue weighted by molar-refractivity contribution is 0.468. The van der Waals surface area contributed by atoms with Crippen LogP contribution in [-0.4, -0.2) is 10.2 Å². The Morgan fingerprint density at radius 3 is 2.27 bits per heavy atom. The molecule has 2 N–H and O–H groups in total. The summed E-state index contributed by atoms with van der Waals surface area (Å²) in [6, 6.07) is 10.3. The first-order valence-corrected chi connectivity index (χ1v) is 4.45. The van der Waals surface area contributed by atoms with Crippen molar-refractivity contribution in [3.63, 3.8) is 0 Å². The molecule has 2 aromatic carbocycles. The van der Waals surface area contributed by atoms with Crippen LogP contribution in [0.25, 0.3) is 11.1 Å². The number of para-hydroxylation sites is 1. The number of benzene rings is 2. The van der Waals surface area contributed by atoms with Gasteiger partial charge in [0.15, 0.2) is 0 Å². The summed E-state index contributed by atoms with van der Waals surface area (Å²) < 4.78 is 13.4. The molecular formula is C12H9FO2. The number of rotatable bonds is 1. The highest BCUT2D eigenvalue weighted by molar-refractivity contribution is 5.70. The van der Waals surface area contributed by atoms with Crippen LogP contribution in [0.4, 0.5) is 4.39 Å². The SMILES string of the molecule is Oc1ccc(-c2ccccc2O)c(F)c1. The van der Waals surface area contributed by atoms with E-state index < -0.39 is 5.82 Å². The highest BCUT2D eigenvalue weighted by Gasteiger charge is 2.08. The second kappa shape index (κ2) is 3.61. The minimum Gasteiger partial charge on any atom is -0.508 e. The van der Waals surface area contributed by atoms with Crippen molar-refractivity contribution in [3.05, 3.63) is 48.3 Å². The fourth-order valence-electron chi connectivity index (χ4n) is 1.42. The summed E-state index contributed by atoms with van der Waals surface area (Å²) in [6.45, 7) is 0. The van der Waals surface area contributed by atoms with Gasteiger partial charge in [-0.25, -0.2) is 4.39 Å². The van der Waals surface area contributed by atoms with Gasteiger partial charge in [-0.2, -0.15) is 0 Å². The summed E-state index contributed by atoms with van der Waals surface area (Å²) in [5, 5.41) is 18.6. The van der Waals surface area contributed by atoms with E-state index in [4.69, 9.17) is 5.11 Å². The molecular weight excluding hydrogens is 195 g/mol. The molecule has 3 heteroatoms. The number of phenolic OH excluding ortho intramolecular Hbond substituents is 2. The molecule has 2 aromatic rings. The summed E-state index contributed by atoms with van der Waals surface area (Å²) in [6.07, 6.45) is 0. The smallest absolute Gasteiger partial charge is 0.134 e. The predicted molar refractivity (Wildman–Crippen MR) is 55.2 cm³/mol. The van der Waals surface area contributed by atoms with E-state index in [9.17, 15) is 9.50 Å². The molecule has 76 valence electrons. The monoisotopic (exact) mass is 204 g/mol. The Kier molecular flexibility index (Phi) is 2.29. The van der Waals surface area contributed by atoms with Crippen molar-refractivity contribution in [3.8, 4) is 22.6 Å². The van der Waals surface area contributed by atoms with E-state index in [-0.39, 0.29) is 17.1 Å². The average Bonchev–Trinajstić information content (AvgIpc) is 2.20. The molecule has 0 bridgehead atoms. The van der Waals surface area contributed by atoms with Crippen LogP contribution in [-0.2, 0) is 0 Å². The van der Waals surface area contributed by atoms with Crippen LogP contribution >= 0.6 is 0 Å². The van der Waals surface area contributed by atoms with Crippen LogP contribution in [0.5, 0.6) is 11.5 Å². The standard InChI is InChI=1S/C12H9FO2/c13-11-7-8(14)5-6-9(11)10-3-1-2-4-12(10)15/h1-7,14-15H. The summed E-state index contributed by atoms with van der Waals surface area (Å²) in [7, 11) is 0. The minimum atomic E-state index is -0.559. The van der Waals surface area contributed by atoms with Crippen LogP contribution in [0.15, 0.2) is 42.5 Å². The first-order chi connectivity index (χ1) is 7.18. The average molecular weight is 204 g/mol. The maximum absolute atomic E-state index is 13.4. The summed E-state index contributed by atoms with van der Waals surface area (Å²) >= 11 is 0. The van der Waals surface area contributed by atoms with Crippen molar-refractivity contribution in [2.75, 3.05) is 0 Å². The second-order valence-electron chi connectivity index (χ2n) is 3.18. The lowest BCUT2D eigenvalue weighted by Crippen LogP contribution is -1.84. The lowest BCUT2D eigenvalue weighted by Gasteiger charge is -2.05. The topological polar surface area (TPSA) is 40.5 Å². The number of aromatic hydroxyl groups is 2. The molecule has 0 aliphatic rings. The number of phenols is 2. The maximum atomic E-state index is 13.4. The van der Waals surface area contributed by atoms with E-state index in [1.54, 1.807) is 18.2 Å². The Hall–Kier alpha value is -2.03. The Morgan fingerprint density at radius 1 is 0.867 bits per heavy atom. The van der Waals surface area contributed by atoms with Gasteiger partial charge in [-0.1, -0.05) is 18.2 Å². The van der Waals surface area contributed by atoms with Gasteiger partial charge in [-0.05, 0) is 18.2 Å². The molecule has 0 unspecified atom stereocenters. The van der Waals surface area contributed by atoms with Crippen LogP contribution in [0.3, 0.4) is 0 Å². The van der Waals surface area contributed by atoms with Gasteiger partial charge in [0.1, 0.15) is 17.3 Å². The maximum Gasteiger partial charge on any atom is 0.134 e. The summed E-state index contributed by atoms with van der Waals surface area (Å²) in [5.41, 5.74) is 0.681.